The summed E-state index contributed by atoms with van der Waals surface area (Å²) in [7, 11) is -3.92. The number of rotatable bonds is 13. The average Bonchev–Trinajstić information content (AvgIpc) is 3.27. The number of benzene rings is 1. The number of carbonyl (C=O) groups is 1. The standard InChI is InChI=1S/C24H34N3O9PS/c1-16-13-27(23(32)26-21(16)30)20-11-18(29)19(36-20)14-35-37(33,25-12-17-7-5-4-6-8-17)34-9-10-38-22(31)24(2,3)15-28/h4-8,13,18-20,28-29H,9-12,14-15H2,1-3H3,(H,25,33)(H,26,30,32)/t18?,19?,20-,37?/m0/s1. The molecule has 0 saturated carbocycles. The number of aliphatic hydroxyl groups is 2. The molecule has 1 aromatic heterocycles. The van der Waals surface area contributed by atoms with E-state index in [2.05, 4.69) is 10.1 Å². The number of ether oxygens (including phenoxy) is 1. The molecule has 2 heterocycles. The largest absolute Gasteiger partial charge is 0.405 e. The van der Waals surface area contributed by atoms with E-state index in [-0.39, 0.29) is 43.7 Å². The second-order valence-corrected chi connectivity index (χ2v) is 12.4. The molecule has 4 atom stereocenters. The van der Waals surface area contributed by atoms with Gasteiger partial charge in [0.25, 0.3) is 5.56 Å². The number of aryl methyl sites for hydroxylation is 1. The Bertz CT molecular complexity index is 1250. The Labute approximate surface area is 224 Å². The van der Waals surface area contributed by atoms with Crippen molar-refractivity contribution in [1.29, 1.82) is 0 Å². The summed E-state index contributed by atoms with van der Waals surface area (Å²) in [5, 5.41) is 22.4. The SMILES string of the molecule is Cc1cn([C@@H]2CC(O)C(COP(=O)(NCc3ccccc3)OCCSC(=O)C(C)(C)CO)O2)c(=O)[nH]c1=O. The molecule has 0 bridgehead atoms. The Morgan fingerprint density at radius 2 is 2.00 bits per heavy atom. The Morgan fingerprint density at radius 1 is 1.29 bits per heavy atom. The lowest BCUT2D eigenvalue weighted by Gasteiger charge is -2.23. The highest BCUT2D eigenvalue weighted by Gasteiger charge is 2.38. The Hall–Kier alpha value is -2.09. The van der Waals surface area contributed by atoms with E-state index >= 15 is 0 Å². The minimum atomic E-state index is -3.92. The number of nitrogens with zero attached hydrogens (tertiary/aromatic N) is 1. The van der Waals surface area contributed by atoms with E-state index in [0.29, 0.717) is 5.56 Å². The molecule has 2 aromatic rings. The fraction of sp³-hybridized carbons (Fsp3) is 0.542. The van der Waals surface area contributed by atoms with Gasteiger partial charge in [-0.25, -0.2) is 14.4 Å². The molecule has 1 fully saturated rings. The van der Waals surface area contributed by atoms with E-state index in [4.69, 9.17) is 13.8 Å². The van der Waals surface area contributed by atoms with Crippen LogP contribution in [0.25, 0.3) is 0 Å². The van der Waals surface area contributed by atoms with Gasteiger partial charge < -0.3 is 14.9 Å². The van der Waals surface area contributed by atoms with Crippen molar-refractivity contribution in [3.63, 3.8) is 0 Å². The van der Waals surface area contributed by atoms with Crippen LogP contribution in [0.1, 0.15) is 37.6 Å². The van der Waals surface area contributed by atoms with Gasteiger partial charge in [-0.1, -0.05) is 42.1 Å². The van der Waals surface area contributed by atoms with Gasteiger partial charge in [0.05, 0.1) is 31.3 Å². The lowest BCUT2D eigenvalue weighted by molar-refractivity contribution is -0.119. The summed E-state index contributed by atoms with van der Waals surface area (Å²) in [6, 6.07) is 9.18. The molecule has 3 unspecified atom stereocenters. The summed E-state index contributed by atoms with van der Waals surface area (Å²) < 4.78 is 31.7. The minimum Gasteiger partial charge on any atom is -0.395 e. The van der Waals surface area contributed by atoms with Crippen LogP contribution in [0.3, 0.4) is 0 Å². The first-order chi connectivity index (χ1) is 17.9. The van der Waals surface area contributed by atoms with E-state index in [0.717, 1.165) is 17.3 Å². The van der Waals surface area contributed by atoms with Crippen LogP contribution in [0.15, 0.2) is 46.1 Å². The molecule has 0 amide bonds. The molecule has 0 spiro atoms. The maximum absolute atomic E-state index is 13.5. The summed E-state index contributed by atoms with van der Waals surface area (Å²) in [5.41, 5.74) is -0.945. The number of carbonyl (C=O) groups excluding carboxylic acids is 1. The molecule has 1 aliphatic rings. The lowest BCUT2D eigenvalue weighted by atomic mass is 9.97. The van der Waals surface area contributed by atoms with Gasteiger partial charge in [-0.3, -0.25) is 28.2 Å². The van der Waals surface area contributed by atoms with Gasteiger partial charge in [0.15, 0.2) is 5.12 Å². The molecular formula is C24H34N3O9PS. The number of aliphatic hydroxyl groups excluding tert-OH is 2. The Kier molecular flexibility index (Phi) is 10.7. The van der Waals surface area contributed by atoms with Crippen LogP contribution in [-0.2, 0) is 29.7 Å². The fourth-order valence-electron chi connectivity index (χ4n) is 3.47. The highest BCUT2D eigenvalue weighted by molar-refractivity contribution is 8.13. The van der Waals surface area contributed by atoms with Crippen molar-refractivity contribution in [2.45, 2.75) is 52.2 Å². The van der Waals surface area contributed by atoms with Crippen LogP contribution in [0.4, 0.5) is 0 Å². The zero-order chi connectivity index (χ0) is 27.9. The van der Waals surface area contributed by atoms with Crippen molar-refractivity contribution in [3.8, 4) is 0 Å². The Morgan fingerprint density at radius 3 is 2.68 bits per heavy atom. The number of hydrogen-bond acceptors (Lipinski definition) is 10. The van der Waals surface area contributed by atoms with Crippen LogP contribution >= 0.6 is 19.5 Å². The molecule has 1 saturated heterocycles. The molecule has 210 valence electrons. The monoisotopic (exact) mass is 571 g/mol. The predicted molar refractivity (Wildman–Crippen MR) is 142 cm³/mol. The van der Waals surface area contributed by atoms with Gasteiger partial charge in [-0.15, -0.1) is 0 Å². The van der Waals surface area contributed by atoms with E-state index in [1.807, 2.05) is 30.3 Å². The van der Waals surface area contributed by atoms with Crippen molar-refractivity contribution in [1.82, 2.24) is 14.6 Å². The molecule has 0 aliphatic carbocycles. The maximum Gasteiger partial charge on any atom is 0.405 e. The number of hydrogen-bond donors (Lipinski definition) is 4. The van der Waals surface area contributed by atoms with Gasteiger partial charge in [-0.05, 0) is 26.3 Å². The molecule has 1 aromatic carbocycles. The highest BCUT2D eigenvalue weighted by atomic mass is 32.2. The molecule has 3 rings (SSSR count). The van der Waals surface area contributed by atoms with Crippen LogP contribution in [0.2, 0.25) is 0 Å². The summed E-state index contributed by atoms with van der Waals surface area (Å²) >= 11 is 0.958. The van der Waals surface area contributed by atoms with Crippen LogP contribution < -0.4 is 16.3 Å². The molecular weight excluding hydrogens is 537 g/mol. The van der Waals surface area contributed by atoms with Gasteiger partial charge >= 0.3 is 13.4 Å². The average molecular weight is 572 g/mol. The first-order valence-electron chi connectivity index (χ1n) is 12.1. The van der Waals surface area contributed by atoms with Crippen molar-refractivity contribution >= 4 is 24.6 Å². The predicted octanol–water partition coefficient (Wildman–Crippen LogP) is 1.70. The van der Waals surface area contributed by atoms with Crippen LogP contribution in [0, 0.1) is 12.3 Å². The van der Waals surface area contributed by atoms with Crippen molar-refractivity contribution in [2.24, 2.45) is 5.41 Å². The maximum atomic E-state index is 13.5. The summed E-state index contributed by atoms with van der Waals surface area (Å²) in [6.45, 7) is 4.28. The first-order valence-corrected chi connectivity index (χ1v) is 14.6. The van der Waals surface area contributed by atoms with Crippen LogP contribution in [-0.4, -0.2) is 62.7 Å². The third-order valence-electron chi connectivity index (χ3n) is 5.91. The second-order valence-electron chi connectivity index (χ2n) is 9.54. The third kappa shape index (κ3) is 8.20. The molecule has 12 nitrogen and oxygen atoms in total. The number of H-pyrrole nitrogens is 1. The number of thioether (sulfide) groups is 1. The molecule has 38 heavy (non-hydrogen) atoms. The van der Waals surface area contributed by atoms with Crippen molar-refractivity contribution in [2.75, 3.05) is 25.6 Å². The fourth-order valence-corrected chi connectivity index (χ4v) is 5.71. The zero-order valence-electron chi connectivity index (χ0n) is 21.5. The number of aromatic amines is 1. The summed E-state index contributed by atoms with van der Waals surface area (Å²) in [6.07, 6.45) is -1.39. The summed E-state index contributed by atoms with van der Waals surface area (Å²) in [5.74, 6) is 0.182. The number of aromatic nitrogens is 2. The van der Waals surface area contributed by atoms with Gasteiger partial charge in [0.1, 0.15) is 12.3 Å². The van der Waals surface area contributed by atoms with Gasteiger partial charge in [0.2, 0.25) is 0 Å². The lowest BCUT2D eigenvalue weighted by Crippen LogP contribution is -2.33. The smallest absolute Gasteiger partial charge is 0.395 e. The van der Waals surface area contributed by atoms with E-state index < -0.39 is 42.8 Å². The van der Waals surface area contributed by atoms with Gasteiger partial charge in [-0.2, -0.15) is 0 Å². The van der Waals surface area contributed by atoms with Crippen LogP contribution in [0.5, 0.6) is 0 Å². The quantitative estimate of drug-likeness (QED) is 0.204. The van der Waals surface area contributed by atoms with Crippen molar-refractivity contribution in [3.05, 3.63) is 68.5 Å². The number of nitrogens with one attached hydrogen (secondary N) is 2. The topological polar surface area (TPSA) is 169 Å². The zero-order valence-corrected chi connectivity index (χ0v) is 23.2. The minimum absolute atomic E-state index is 0.0570. The van der Waals surface area contributed by atoms with Crippen molar-refractivity contribution < 1.29 is 33.4 Å². The molecule has 1 aliphatic heterocycles. The normalized spacial score (nSPS) is 21.3. The highest BCUT2D eigenvalue weighted by Crippen LogP contribution is 2.45. The third-order valence-corrected chi connectivity index (χ3v) is 8.66. The second kappa shape index (κ2) is 13.3. The Balaban J connectivity index is 1.63. The van der Waals surface area contributed by atoms with E-state index in [1.54, 1.807) is 20.8 Å². The molecule has 4 N–H and O–H groups in total. The molecule has 14 heteroatoms. The van der Waals surface area contributed by atoms with E-state index in [9.17, 15) is 29.2 Å². The van der Waals surface area contributed by atoms with Gasteiger partial charge in [0, 0.05) is 30.5 Å². The molecule has 0 radical (unpaired) electrons. The van der Waals surface area contributed by atoms with E-state index in [1.165, 1.54) is 10.8 Å². The first kappa shape index (κ1) is 30.5. The summed E-state index contributed by atoms with van der Waals surface area (Å²) in [4.78, 5) is 38.3.